The highest BCUT2D eigenvalue weighted by molar-refractivity contribution is 5.73. The summed E-state index contributed by atoms with van der Waals surface area (Å²) in [7, 11) is 0. The molecule has 0 radical (unpaired) electrons. The van der Waals surface area contributed by atoms with E-state index in [-0.39, 0.29) is 5.91 Å². The van der Waals surface area contributed by atoms with E-state index in [1.165, 1.54) is 11.3 Å². The number of anilines is 1. The van der Waals surface area contributed by atoms with Gasteiger partial charge in [-0.15, -0.1) is 0 Å². The Hall–Kier alpha value is -1.58. The molecule has 0 saturated carbocycles. The summed E-state index contributed by atoms with van der Waals surface area (Å²) in [5.41, 5.74) is 2.43. The summed E-state index contributed by atoms with van der Waals surface area (Å²) >= 11 is 0. The molecular formula is C16H25N3O. The lowest BCUT2D eigenvalue weighted by atomic mass is 10.0. The Kier molecular flexibility index (Phi) is 4.31. The normalized spacial score (nSPS) is 23.3. The van der Waals surface area contributed by atoms with E-state index in [1.54, 1.807) is 6.92 Å². The molecule has 4 nitrogen and oxygen atoms in total. The summed E-state index contributed by atoms with van der Waals surface area (Å²) in [4.78, 5) is 20.3. The quantitative estimate of drug-likeness (QED) is 0.832. The maximum Gasteiger partial charge on any atom is 0.219 e. The Balaban J connectivity index is 2.24. The van der Waals surface area contributed by atoms with Gasteiger partial charge in [-0.25, -0.2) is 0 Å². The minimum Gasteiger partial charge on any atom is -0.361 e. The number of hydrogen-bond donors (Lipinski definition) is 0. The third-order valence-corrected chi connectivity index (χ3v) is 4.07. The first-order valence-corrected chi connectivity index (χ1v) is 7.39. The smallest absolute Gasteiger partial charge is 0.219 e. The third-order valence-electron chi connectivity index (χ3n) is 4.07. The highest BCUT2D eigenvalue weighted by Gasteiger charge is 2.30. The van der Waals surface area contributed by atoms with Crippen LogP contribution in [0, 0.1) is 0 Å². The second-order valence-corrected chi connectivity index (χ2v) is 6.16. The molecule has 0 spiro atoms. The Morgan fingerprint density at radius 1 is 1.25 bits per heavy atom. The van der Waals surface area contributed by atoms with Crippen LogP contribution in [0.4, 0.5) is 5.69 Å². The standard InChI is InChI=1S/C16H25N3O/c1-11(2)15-6-16(8-17-7-15)19-12(3)9-18(14(5)20)10-13(19)4/h6-8,11-13H,9-10H2,1-5H3/t12-,13+. The fourth-order valence-corrected chi connectivity index (χ4v) is 2.99. The number of piperazine rings is 1. The van der Waals surface area contributed by atoms with E-state index in [9.17, 15) is 4.79 Å². The minimum atomic E-state index is 0.164. The van der Waals surface area contributed by atoms with Gasteiger partial charge in [-0.2, -0.15) is 0 Å². The molecule has 1 aliphatic rings. The molecule has 0 aliphatic carbocycles. The van der Waals surface area contributed by atoms with Gasteiger partial charge in [0.2, 0.25) is 5.91 Å². The zero-order valence-electron chi connectivity index (χ0n) is 13.1. The molecule has 2 heterocycles. The summed E-state index contributed by atoms with van der Waals surface area (Å²) in [6, 6.07) is 2.85. The van der Waals surface area contributed by atoms with E-state index in [0.717, 1.165) is 13.1 Å². The lowest BCUT2D eigenvalue weighted by molar-refractivity contribution is -0.130. The minimum absolute atomic E-state index is 0.164. The molecule has 110 valence electrons. The Labute approximate surface area is 121 Å². The first-order valence-electron chi connectivity index (χ1n) is 7.39. The van der Waals surface area contributed by atoms with Gasteiger partial charge >= 0.3 is 0 Å². The van der Waals surface area contributed by atoms with Crippen molar-refractivity contribution in [3.8, 4) is 0 Å². The molecule has 0 aromatic carbocycles. The van der Waals surface area contributed by atoms with Crippen molar-refractivity contribution in [2.75, 3.05) is 18.0 Å². The molecule has 2 rings (SSSR count). The predicted molar refractivity (Wildman–Crippen MR) is 82.0 cm³/mol. The number of amides is 1. The Bertz CT molecular complexity index is 474. The summed E-state index contributed by atoms with van der Waals surface area (Å²) in [5, 5.41) is 0. The van der Waals surface area contributed by atoms with Crippen LogP contribution in [-0.2, 0) is 4.79 Å². The predicted octanol–water partition coefficient (Wildman–Crippen LogP) is 2.65. The molecule has 1 fully saturated rings. The van der Waals surface area contributed by atoms with E-state index >= 15 is 0 Å². The van der Waals surface area contributed by atoms with E-state index in [0.29, 0.717) is 18.0 Å². The van der Waals surface area contributed by atoms with Crippen LogP contribution in [0.1, 0.15) is 46.1 Å². The van der Waals surface area contributed by atoms with Crippen molar-refractivity contribution >= 4 is 11.6 Å². The summed E-state index contributed by atoms with van der Waals surface area (Å²) < 4.78 is 0. The van der Waals surface area contributed by atoms with Crippen molar-refractivity contribution < 1.29 is 4.79 Å². The maximum absolute atomic E-state index is 11.6. The molecular weight excluding hydrogens is 250 g/mol. The first-order chi connectivity index (χ1) is 9.40. The van der Waals surface area contributed by atoms with Gasteiger partial charge in [-0.05, 0) is 31.4 Å². The van der Waals surface area contributed by atoms with Crippen LogP contribution in [0.2, 0.25) is 0 Å². The van der Waals surface area contributed by atoms with Gasteiger partial charge in [0, 0.05) is 38.3 Å². The molecule has 2 atom stereocenters. The Morgan fingerprint density at radius 2 is 1.85 bits per heavy atom. The molecule has 0 unspecified atom stereocenters. The molecule has 1 aliphatic heterocycles. The zero-order valence-corrected chi connectivity index (χ0v) is 13.1. The maximum atomic E-state index is 11.6. The summed E-state index contributed by atoms with van der Waals surface area (Å²) in [6.45, 7) is 11.9. The van der Waals surface area contributed by atoms with Gasteiger partial charge in [-0.3, -0.25) is 9.78 Å². The highest BCUT2D eigenvalue weighted by Crippen LogP contribution is 2.26. The monoisotopic (exact) mass is 275 g/mol. The van der Waals surface area contributed by atoms with Crippen molar-refractivity contribution in [1.82, 2.24) is 9.88 Å². The van der Waals surface area contributed by atoms with Crippen LogP contribution >= 0.6 is 0 Å². The van der Waals surface area contributed by atoms with E-state index in [4.69, 9.17) is 0 Å². The highest BCUT2D eigenvalue weighted by atomic mass is 16.2. The fraction of sp³-hybridized carbons (Fsp3) is 0.625. The number of carbonyl (C=O) groups excluding carboxylic acids is 1. The van der Waals surface area contributed by atoms with Gasteiger partial charge < -0.3 is 9.80 Å². The molecule has 1 aromatic rings. The molecule has 1 aromatic heterocycles. The number of nitrogens with zero attached hydrogens (tertiary/aromatic N) is 3. The molecule has 0 bridgehead atoms. The number of hydrogen-bond acceptors (Lipinski definition) is 3. The number of aromatic nitrogens is 1. The lowest BCUT2D eigenvalue weighted by Gasteiger charge is -2.45. The summed E-state index contributed by atoms with van der Waals surface area (Å²) in [5.74, 6) is 0.643. The van der Waals surface area contributed by atoms with Crippen LogP contribution in [0.5, 0.6) is 0 Å². The van der Waals surface area contributed by atoms with E-state index in [1.807, 2.05) is 17.3 Å². The summed E-state index contributed by atoms with van der Waals surface area (Å²) in [6.07, 6.45) is 3.87. The van der Waals surface area contributed by atoms with Crippen LogP contribution < -0.4 is 4.90 Å². The largest absolute Gasteiger partial charge is 0.361 e. The van der Waals surface area contributed by atoms with E-state index in [2.05, 4.69) is 43.6 Å². The number of rotatable bonds is 2. The van der Waals surface area contributed by atoms with Crippen molar-refractivity contribution in [2.24, 2.45) is 0 Å². The van der Waals surface area contributed by atoms with Crippen molar-refractivity contribution in [3.05, 3.63) is 24.0 Å². The second kappa shape index (κ2) is 5.81. The van der Waals surface area contributed by atoms with Gasteiger partial charge in [0.25, 0.3) is 0 Å². The lowest BCUT2D eigenvalue weighted by Crippen LogP contribution is -2.58. The average molecular weight is 275 g/mol. The van der Waals surface area contributed by atoms with Gasteiger partial charge in [0.1, 0.15) is 0 Å². The second-order valence-electron chi connectivity index (χ2n) is 6.16. The van der Waals surface area contributed by atoms with E-state index < -0.39 is 0 Å². The van der Waals surface area contributed by atoms with Crippen molar-refractivity contribution in [3.63, 3.8) is 0 Å². The SMILES string of the molecule is CC(=O)N1C[C@@H](C)N(c2cncc(C(C)C)c2)[C@@H](C)C1. The molecule has 1 amide bonds. The van der Waals surface area contributed by atoms with Crippen molar-refractivity contribution in [1.29, 1.82) is 0 Å². The zero-order chi connectivity index (χ0) is 14.9. The van der Waals surface area contributed by atoms with Crippen molar-refractivity contribution in [2.45, 2.75) is 52.6 Å². The van der Waals surface area contributed by atoms with Gasteiger partial charge in [0.05, 0.1) is 11.9 Å². The van der Waals surface area contributed by atoms with Crippen LogP contribution in [0.25, 0.3) is 0 Å². The molecule has 4 heteroatoms. The first kappa shape index (κ1) is 14.8. The number of pyridine rings is 1. The van der Waals surface area contributed by atoms with Gasteiger partial charge in [-0.1, -0.05) is 13.8 Å². The third kappa shape index (κ3) is 2.94. The molecule has 0 N–H and O–H groups in total. The topological polar surface area (TPSA) is 36.4 Å². The number of carbonyl (C=O) groups is 1. The molecule has 1 saturated heterocycles. The fourth-order valence-electron chi connectivity index (χ4n) is 2.99. The van der Waals surface area contributed by atoms with Crippen LogP contribution in [-0.4, -0.2) is 41.0 Å². The van der Waals surface area contributed by atoms with Gasteiger partial charge in [0.15, 0.2) is 0 Å². The van der Waals surface area contributed by atoms with Crippen LogP contribution in [0.15, 0.2) is 18.5 Å². The Morgan fingerprint density at radius 3 is 2.35 bits per heavy atom. The molecule has 20 heavy (non-hydrogen) atoms. The van der Waals surface area contributed by atoms with Crippen LogP contribution in [0.3, 0.4) is 0 Å². The average Bonchev–Trinajstić information content (AvgIpc) is 2.38.